The Balaban J connectivity index is 1.72. The highest BCUT2D eigenvalue weighted by molar-refractivity contribution is 7.09. The fourth-order valence-electron chi connectivity index (χ4n) is 4.15. The van der Waals surface area contributed by atoms with Crippen molar-refractivity contribution in [3.05, 3.63) is 22.4 Å². The van der Waals surface area contributed by atoms with E-state index in [4.69, 9.17) is 0 Å². The third-order valence-electron chi connectivity index (χ3n) is 5.27. The molecule has 0 N–H and O–H groups in total. The number of hydrogen-bond acceptors (Lipinski definition) is 4. The highest BCUT2D eigenvalue weighted by Gasteiger charge is 2.44. The molecule has 2 saturated heterocycles. The number of hydrogen-bond donors (Lipinski definition) is 0. The lowest BCUT2D eigenvalue weighted by Crippen LogP contribution is -2.63. The molecular weight excluding hydrogens is 306 g/mol. The summed E-state index contributed by atoms with van der Waals surface area (Å²) < 4.78 is 0. The minimum Gasteiger partial charge on any atom is -0.334 e. The van der Waals surface area contributed by atoms with Crippen LogP contribution < -0.4 is 0 Å². The predicted molar refractivity (Wildman–Crippen MR) is 95.7 cm³/mol. The lowest BCUT2D eigenvalue weighted by Gasteiger charge is -2.52. The number of piperidine rings is 2. The first-order valence-electron chi connectivity index (χ1n) is 8.79. The summed E-state index contributed by atoms with van der Waals surface area (Å²) in [6.07, 6.45) is 5.35. The van der Waals surface area contributed by atoms with Crippen LogP contribution in [0, 0.1) is 0 Å². The summed E-state index contributed by atoms with van der Waals surface area (Å²) in [5.41, 5.74) is 0.0842. The van der Waals surface area contributed by atoms with E-state index in [1.54, 1.807) is 0 Å². The number of carbonyl (C=O) groups is 1. The maximum Gasteiger partial charge on any atom is 0.223 e. The molecule has 2 aliphatic heterocycles. The minimum atomic E-state index is 0.0842. The van der Waals surface area contributed by atoms with Crippen molar-refractivity contribution in [2.24, 2.45) is 0 Å². The second-order valence-electron chi connectivity index (χ2n) is 7.32. The van der Waals surface area contributed by atoms with Crippen molar-refractivity contribution >= 4 is 17.2 Å². The first kappa shape index (κ1) is 16.9. The molecule has 0 aliphatic carbocycles. The number of likely N-dealkylation sites (tertiary alicyclic amines) is 2. The van der Waals surface area contributed by atoms with E-state index in [0.717, 1.165) is 45.6 Å². The van der Waals surface area contributed by atoms with Gasteiger partial charge >= 0.3 is 0 Å². The number of thiophene rings is 1. The Morgan fingerprint density at radius 1 is 1.30 bits per heavy atom. The highest BCUT2D eigenvalue weighted by Crippen LogP contribution is 2.37. The largest absolute Gasteiger partial charge is 0.334 e. The number of carbonyl (C=O) groups excluding carboxylic acids is 1. The molecule has 0 unspecified atom stereocenters. The van der Waals surface area contributed by atoms with Gasteiger partial charge in [-0.3, -0.25) is 9.69 Å². The molecule has 2 fully saturated rings. The van der Waals surface area contributed by atoms with Gasteiger partial charge in [-0.2, -0.15) is 0 Å². The monoisotopic (exact) mass is 335 g/mol. The van der Waals surface area contributed by atoms with Gasteiger partial charge in [0.25, 0.3) is 0 Å². The average molecular weight is 336 g/mol. The molecule has 1 aromatic rings. The summed E-state index contributed by atoms with van der Waals surface area (Å²) >= 11 is 1.84. The van der Waals surface area contributed by atoms with Gasteiger partial charge in [0.1, 0.15) is 0 Å². The van der Waals surface area contributed by atoms with E-state index < -0.39 is 0 Å². The number of likely N-dealkylation sites (N-methyl/N-ethyl adjacent to an activating group) is 1. The molecular formula is C18H29N3OS. The maximum atomic E-state index is 12.6. The third kappa shape index (κ3) is 3.95. The fourth-order valence-corrected chi connectivity index (χ4v) is 4.90. The Hall–Kier alpha value is -0.910. The van der Waals surface area contributed by atoms with Crippen LogP contribution in [0.4, 0.5) is 0 Å². The smallest absolute Gasteiger partial charge is 0.223 e. The first-order valence-corrected chi connectivity index (χ1v) is 9.67. The summed E-state index contributed by atoms with van der Waals surface area (Å²) in [6.45, 7) is 5.08. The van der Waals surface area contributed by atoms with E-state index in [-0.39, 0.29) is 5.54 Å². The molecule has 1 spiro atoms. The van der Waals surface area contributed by atoms with Gasteiger partial charge in [0.2, 0.25) is 5.91 Å². The molecule has 3 rings (SSSR count). The minimum absolute atomic E-state index is 0.0842. The number of nitrogens with zero attached hydrogens (tertiary/aromatic N) is 3. The van der Waals surface area contributed by atoms with Crippen molar-refractivity contribution < 1.29 is 4.79 Å². The molecule has 4 nitrogen and oxygen atoms in total. The molecule has 23 heavy (non-hydrogen) atoms. The summed E-state index contributed by atoms with van der Waals surface area (Å²) in [4.78, 5) is 21.0. The van der Waals surface area contributed by atoms with Crippen LogP contribution in [0.15, 0.2) is 17.5 Å². The fraction of sp³-hybridized carbons (Fsp3) is 0.722. The molecule has 128 valence electrons. The van der Waals surface area contributed by atoms with E-state index in [9.17, 15) is 4.79 Å². The van der Waals surface area contributed by atoms with E-state index >= 15 is 0 Å². The van der Waals surface area contributed by atoms with Crippen LogP contribution in [0.25, 0.3) is 0 Å². The van der Waals surface area contributed by atoms with Gasteiger partial charge in [-0.15, -0.1) is 11.3 Å². The van der Waals surface area contributed by atoms with Crippen LogP contribution in [0.1, 0.15) is 37.0 Å². The Bertz CT molecular complexity index is 512. The van der Waals surface area contributed by atoms with Crippen molar-refractivity contribution in [3.63, 3.8) is 0 Å². The van der Waals surface area contributed by atoms with Crippen LogP contribution in [0.5, 0.6) is 0 Å². The van der Waals surface area contributed by atoms with E-state index in [0.29, 0.717) is 5.91 Å². The molecule has 1 atom stereocenters. The van der Waals surface area contributed by atoms with Gasteiger partial charge in [0.05, 0.1) is 5.54 Å². The second-order valence-corrected chi connectivity index (χ2v) is 8.35. The molecule has 2 aliphatic rings. The van der Waals surface area contributed by atoms with Crippen LogP contribution in [0.2, 0.25) is 0 Å². The van der Waals surface area contributed by atoms with Gasteiger partial charge in [-0.05, 0) is 57.8 Å². The van der Waals surface area contributed by atoms with Crippen LogP contribution in [-0.4, -0.2) is 66.4 Å². The topological polar surface area (TPSA) is 26.8 Å². The van der Waals surface area contributed by atoms with E-state index in [1.165, 1.54) is 24.1 Å². The lowest BCUT2D eigenvalue weighted by atomic mass is 9.79. The van der Waals surface area contributed by atoms with Crippen molar-refractivity contribution in [2.75, 3.05) is 40.3 Å². The number of rotatable bonds is 5. The molecule has 0 saturated carbocycles. The molecule has 0 bridgehead atoms. The molecule has 5 heteroatoms. The SMILES string of the molecule is CN(C)CCN1C(=O)CCC[C@]12CCCN(Cc1cccs1)C2. The van der Waals surface area contributed by atoms with E-state index in [1.807, 2.05) is 11.3 Å². The van der Waals surface area contributed by atoms with Gasteiger partial charge in [-0.25, -0.2) is 0 Å². The zero-order valence-electron chi connectivity index (χ0n) is 14.5. The Kier molecular flexibility index (Phi) is 5.39. The Morgan fingerprint density at radius 2 is 2.13 bits per heavy atom. The maximum absolute atomic E-state index is 12.6. The van der Waals surface area contributed by atoms with Crippen molar-refractivity contribution in [1.29, 1.82) is 0 Å². The van der Waals surface area contributed by atoms with Gasteiger partial charge in [0, 0.05) is 37.5 Å². The second kappa shape index (κ2) is 7.32. The third-order valence-corrected chi connectivity index (χ3v) is 6.13. The Labute approximate surface area is 144 Å². The van der Waals surface area contributed by atoms with Gasteiger partial charge < -0.3 is 9.80 Å². The van der Waals surface area contributed by atoms with Crippen LogP contribution >= 0.6 is 11.3 Å². The van der Waals surface area contributed by atoms with Crippen LogP contribution in [-0.2, 0) is 11.3 Å². The van der Waals surface area contributed by atoms with Crippen molar-refractivity contribution in [3.8, 4) is 0 Å². The summed E-state index contributed by atoms with van der Waals surface area (Å²) in [5, 5.41) is 2.16. The zero-order valence-corrected chi connectivity index (χ0v) is 15.3. The first-order chi connectivity index (χ1) is 11.1. The normalized spacial score (nSPS) is 26.4. The molecule has 1 aromatic heterocycles. The molecule has 3 heterocycles. The number of amides is 1. The van der Waals surface area contributed by atoms with Gasteiger partial charge in [-0.1, -0.05) is 6.07 Å². The average Bonchev–Trinajstić information content (AvgIpc) is 2.99. The standard InChI is InChI=1S/C18H29N3OS/c1-19(2)11-12-21-17(22)7-3-8-18(21)9-5-10-20(15-18)14-16-6-4-13-23-16/h4,6,13H,3,5,7-12,14-15H2,1-2H3/t18-/m1/s1. The quantitative estimate of drug-likeness (QED) is 0.828. The van der Waals surface area contributed by atoms with Crippen LogP contribution in [0.3, 0.4) is 0 Å². The highest BCUT2D eigenvalue weighted by atomic mass is 32.1. The lowest BCUT2D eigenvalue weighted by molar-refractivity contribution is -0.146. The summed E-state index contributed by atoms with van der Waals surface area (Å²) in [5.74, 6) is 0.371. The summed E-state index contributed by atoms with van der Waals surface area (Å²) in [6, 6.07) is 4.36. The Morgan fingerprint density at radius 3 is 2.87 bits per heavy atom. The summed E-state index contributed by atoms with van der Waals surface area (Å²) in [7, 11) is 4.18. The molecule has 1 amide bonds. The van der Waals surface area contributed by atoms with Gasteiger partial charge in [0.15, 0.2) is 0 Å². The van der Waals surface area contributed by atoms with Crippen molar-refractivity contribution in [1.82, 2.24) is 14.7 Å². The van der Waals surface area contributed by atoms with Crippen molar-refractivity contribution in [2.45, 2.75) is 44.2 Å². The molecule has 0 aromatic carbocycles. The molecule has 0 radical (unpaired) electrons. The van der Waals surface area contributed by atoms with E-state index in [2.05, 4.69) is 46.3 Å². The zero-order chi connectivity index (χ0) is 16.3. The predicted octanol–water partition coefficient (Wildman–Crippen LogP) is 2.66.